The van der Waals surface area contributed by atoms with Gasteiger partial charge in [-0.2, -0.15) is 0 Å². The Balaban J connectivity index is 1.46. The van der Waals surface area contributed by atoms with Crippen LogP contribution in [0.2, 0.25) is 5.15 Å². The molecule has 3 aromatic rings. The second kappa shape index (κ2) is 9.67. The molecule has 0 spiro atoms. The molecule has 2 fully saturated rings. The molecule has 0 saturated carbocycles. The molecule has 6 nitrogen and oxygen atoms in total. The first-order valence-electron chi connectivity index (χ1n) is 10.6. The van der Waals surface area contributed by atoms with Crippen molar-refractivity contribution in [3.05, 3.63) is 101 Å². The number of hydrogen-bond acceptors (Lipinski definition) is 6. The smallest absolute Gasteiger partial charge is 0.184 e. The molecule has 7 heteroatoms. The lowest BCUT2D eigenvalue weighted by Gasteiger charge is -2.49. The van der Waals surface area contributed by atoms with Gasteiger partial charge in [0, 0.05) is 23.7 Å². The zero-order chi connectivity index (χ0) is 21.9. The zero-order valence-corrected chi connectivity index (χ0v) is 18.0. The molecular formula is C25H24ClNO5. The number of rotatable bonds is 5. The van der Waals surface area contributed by atoms with Crippen molar-refractivity contribution in [2.24, 2.45) is 0 Å². The number of aromatic nitrogens is 1. The van der Waals surface area contributed by atoms with Gasteiger partial charge in [0.25, 0.3) is 0 Å². The third kappa shape index (κ3) is 4.57. The Morgan fingerprint density at radius 1 is 0.719 bits per heavy atom. The molecule has 0 aliphatic carbocycles. The predicted octanol–water partition coefficient (Wildman–Crippen LogP) is 4.24. The minimum atomic E-state index is -0.624. The fourth-order valence-electron chi connectivity index (χ4n) is 4.18. The van der Waals surface area contributed by atoms with Gasteiger partial charge in [-0.15, -0.1) is 0 Å². The summed E-state index contributed by atoms with van der Waals surface area (Å²) >= 11 is 5.96. The van der Waals surface area contributed by atoms with Crippen molar-refractivity contribution in [2.45, 2.75) is 43.4 Å². The molecule has 1 aromatic heterocycles. The first-order valence-corrected chi connectivity index (χ1v) is 11.0. The summed E-state index contributed by atoms with van der Waals surface area (Å²) in [5.74, 6) is 0. The summed E-state index contributed by atoms with van der Waals surface area (Å²) in [5, 5.41) is 10.6. The number of pyridine rings is 1. The highest BCUT2D eigenvalue weighted by Gasteiger charge is 2.49. The standard InChI is InChI=1S/C25H24ClNO5/c26-21-12-11-16(14-27-21)13-19-22-23(32-24(29-19)17-7-3-1-4-8-17)20(15-28)30-25(31-22)18-9-5-2-6-10-18/h1-12,14,19-20,22-25,28H,13,15H2. The zero-order valence-electron chi connectivity index (χ0n) is 17.3. The third-order valence-electron chi connectivity index (χ3n) is 5.76. The molecule has 6 atom stereocenters. The SMILES string of the molecule is OCC1OC(c2ccccc2)OC2C(Cc3ccc(Cl)nc3)OC(c3ccccc3)OC12. The van der Waals surface area contributed by atoms with Crippen molar-refractivity contribution < 1.29 is 24.1 Å². The van der Waals surface area contributed by atoms with E-state index in [0.717, 1.165) is 16.7 Å². The maximum absolute atomic E-state index is 10.1. The summed E-state index contributed by atoms with van der Waals surface area (Å²) in [6.45, 7) is -0.190. The van der Waals surface area contributed by atoms with E-state index in [1.165, 1.54) is 0 Å². The average molecular weight is 454 g/mol. The summed E-state index contributed by atoms with van der Waals surface area (Å²) in [6.07, 6.45) is -0.766. The topological polar surface area (TPSA) is 70.0 Å². The minimum Gasteiger partial charge on any atom is -0.394 e. The molecule has 0 amide bonds. The van der Waals surface area contributed by atoms with E-state index >= 15 is 0 Å². The van der Waals surface area contributed by atoms with E-state index in [2.05, 4.69) is 4.98 Å². The third-order valence-corrected chi connectivity index (χ3v) is 5.99. The molecule has 2 saturated heterocycles. The van der Waals surface area contributed by atoms with Gasteiger partial charge in [-0.3, -0.25) is 0 Å². The highest BCUT2D eigenvalue weighted by molar-refractivity contribution is 6.29. The summed E-state index contributed by atoms with van der Waals surface area (Å²) in [6, 6.07) is 23.1. The molecule has 0 radical (unpaired) electrons. The number of benzene rings is 2. The summed E-state index contributed by atoms with van der Waals surface area (Å²) in [5.41, 5.74) is 2.74. The van der Waals surface area contributed by atoms with Gasteiger partial charge in [0.1, 0.15) is 23.5 Å². The van der Waals surface area contributed by atoms with E-state index in [1.54, 1.807) is 12.3 Å². The van der Waals surface area contributed by atoms with E-state index in [1.807, 2.05) is 66.7 Å². The number of ether oxygens (including phenoxy) is 4. The monoisotopic (exact) mass is 453 g/mol. The Morgan fingerprint density at radius 3 is 1.81 bits per heavy atom. The van der Waals surface area contributed by atoms with Gasteiger partial charge in [-0.25, -0.2) is 4.98 Å². The number of nitrogens with zero attached hydrogens (tertiary/aromatic N) is 1. The van der Waals surface area contributed by atoms with E-state index in [9.17, 15) is 5.11 Å². The number of hydrogen-bond donors (Lipinski definition) is 1. The van der Waals surface area contributed by atoms with E-state index < -0.39 is 30.9 Å². The largest absolute Gasteiger partial charge is 0.394 e. The minimum absolute atomic E-state index is 0.190. The summed E-state index contributed by atoms with van der Waals surface area (Å²) in [7, 11) is 0. The average Bonchev–Trinajstić information content (AvgIpc) is 2.86. The van der Waals surface area contributed by atoms with Crippen molar-refractivity contribution in [1.29, 1.82) is 0 Å². The van der Waals surface area contributed by atoms with Crippen molar-refractivity contribution in [3.63, 3.8) is 0 Å². The summed E-state index contributed by atoms with van der Waals surface area (Å²) < 4.78 is 25.2. The van der Waals surface area contributed by atoms with Crippen LogP contribution in [-0.4, -0.2) is 41.1 Å². The number of aliphatic hydroxyl groups excluding tert-OH is 1. The van der Waals surface area contributed by atoms with Crippen LogP contribution in [0.1, 0.15) is 29.3 Å². The van der Waals surface area contributed by atoms with Gasteiger partial charge in [0.15, 0.2) is 12.6 Å². The molecule has 2 aliphatic heterocycles. The molecule has 1 N–H and O–H groups in total. The Hall–Kier alpha value is -2.32. The quantitative estimate of drug-likeness (QED) is 0.583. The first kappa shape index (κ1) is 21.5. The lowest BCUT2D eigenvalue weighted by Crippen LogP contribution is -2.59. The van der Waals surface area contributed by atoms with Gasteiger partial charge < -0.3 is 24.1 Å². The van der Waals surface area contributed by atoms with Gasteiger partial charge >= 0.3 is 0 Å². The van der Waals surface area contributed by atoms with Crippen molar-refractivity contribution in [2.75, 3.05) is 6.61 Å². The molecule has 3 heterocycles. The molecule has 2 aliphatic rings. The fourth-order valence-corrected chi connectivity index (χ4v) is 4.29. The molecule has 32 heavy (non-hydrogen) atoms. The maximum Gasteiger partial charge on any atom is 0.184 e. The van der Waals surface area contributed by atoms with Gasteiger partial charge in [0.05, 0.1) is 12.7 Å². The number of fused-ring (bicyclic) bond motifs is 1. The molecule has 5 rings (SSSR count). The molecular weight excluding hydrogens is 430 g/mol. The number of aliphatic hydroxyl groups is 1. The van der Waals surface area contributed by atoms with E-state index in [0.29, 0.717) is 11.6 Å². The van der Waals surface area contributed by atoms with Crippen LogP contribution >= 0.6 is 11.6 Å². The van der Waals surface area contributed by atoms with Gasteiger partial charge in [0.2, 0.25) is 0 Å². The fraction of sp³-hybridized carbons (Fsp3) is 0.320. The number of halogens is 1. The van der Waals surface area contributed by atoms with E-state index in [-0.39, 0.29) is 12.7 Å². The molecule has 6 unspecified atom stereocenters. The Labute approximate surface area is 191 Å². The van der Waals surface area contributed by atoms with Crippen LogP contribution in [0.25, 0.3) is 0 Å². The van der Waals surface area contributed by atoms with Crippen molar-refractivity contribution in [1.82, 2.24) is 4.98 Å². The Morgan fingerprint density at radius 2 is 1.28 bits per heavy atom. The molecule has 0 bridgehead atoms. The summed E-state index contributed by atoms with van der Waals surface area (Å²) in [4.78, 5) is 4.19. The van der Waals surface area contributed by atoms with Crippen LogP contribution in [0.15, 0.2) is 79.0 Å². The molecule has 2 aromatic carbocycles. The van der Waals surface area contributed by atoms with E-state index in [4.69, 9.17) is 30.5 Å². The van der Waals surface area contributed by atoms with Crippen LogP contribution in [0.5, 0.6) is 0 Å². The van der Waals surface area contributed by atoms with Crippen molar-refractivity contribution in [3.8, 4) is 0 Å². The Bertz CT molecular complexity index is 1000. The predicted molar refractivity (Wildman–Crippen MR) is 118 cm³/mol. The lowest BCUT2D eigenvalue weighted by molar-refractivity contribution is -0.384. The second-order valence-electron chi connectivity index (χ2n) is 7.91. The maximum atomic E-state index is 10.1. The van der Waals surface area contributed by atoms with Gasteiger partial charge in [-0.1, -0.05) is 78.3 Å². The van der Waals surface area contributed by atoms with Crippen LogP contribution in [0.3, 0.4) is 0 Å². The van der Waals surface area contributed by atoms with Gasteiger partial charge in [-0.05, 0) is 11.6 Å². The van der Waals surface area contributed by atoms with Crippen LogP contribution in [-0.2, 0) is 25.4 Å². The normalized spacial score (nSPS) is 29.9. The highest BCUT2D eigenvalue weighted by atomic mass is 35.5. The van der Waals surface area contributed by atoms with Crippen molar-refractivity contribution >= 4 is 11.6 Å². The Kier molecular flexibility index (Phi) is 6.50. The van der Waals surface area contributed by atoms with Crippen LogP contribution in [0, 0.1) is 0 Å². The molecule has 166 valence electrons. The first-order chi connectivity index (χ1) is 15.7. The second-order valence-corrected chi connectivity index (χ2v) is 8.30. The lowest BCUT2D eigenvalue weighted by atomic mass is 9.94. The van der Waals surface area contributed by atoms with Crippen LogP contribution in [0.4, 0.5) is 0 Å². The van der Waals surface area contributed by atoms with Crippen LogP contribution < -0.4 is 0 Å². The highest BCUT2D eigenvalue weighted by Crippen LogP contribution is 2.41.